The number of carbonyl (C=O) groups is 1. The molecule has 0 spiro atoms. The van der Waals surface area contributed by atoms with Gasteiger partial charge in [0.05, 0.1) is 0 Å². The van der Waals surface area contributed by atoms with Gasteiger partial charge in [-0.15, -0.1) is 0 Å². The molecule has 0 aromatic heterocycles. The van der Waals surface area contributed by atoms with Crippen LogP contribution in [0.4, 0.5) is 0 Å². The van der Waals surface area contributed by atoms with Gasteiger partial charge < -0.3 is 0 Å². The van der Waals surface area contributed by atoms with Crippen LogP contribution in [-0.4, -0.2) is 24.5 Å². The fraction of sp³-hybridized carbons (Fsp3) is 0.571. The Balaban J connectivity index is 4.42. The minimum absolute atomic E-state index is 0.306. The van der Waals surface area contributed by atoms with Crippen LogP contribution in [0.15, 0.2) is 10.5 Å². The van der Waals surface area contributed by atoms with Crippen molar-refractivity contribution >= 4 is 55.5 Å². The maximum atomic E-state index is 11.1. The third-order valence-electron chi connectivity index (χ3n) is 1.18. The Kier molecular flexibility index (Phi) is 5.88. The number of allylic oxidation sites excluding steroid dienone is 2. The minimum atomic E-state index is -1.80. The molecule has 70 valence electrons. The van der Waals surface area contributed by atoms with Gasteiger partial charge in [-0.05, 0) is 0 Å². The van der Waals surface area contributed by atoms with Gasteiger partial charge in [0.2, 0.25) is 0 Å². The number of hydrogen-bond acceptors (Lipinski definition) is 1. The van der Waals surface area contributed by atoms with Crippen molar-refractivity contribution < 1.29 is 4.79 Å². The summed E-state index contributed by atoms with van der Waals surface area (Å²) in [6, 6.07) is 0. The van der Waals surface area contributed by atoms with Gasteiger partial charge in [0.15, 0.2) is 0 Å². The van der Waals surface area contributed by atoms with E-state index in [-0.39, 0.29) is 0 Å². The molecular formula is C7H9Cl3OSe. The summed E-state index contributed by atoms with van der Waals surface area (Å²) in [5.74, 6) is 1.57. The molecule has 0 atom stereocenters. The van der Waals surface area contributed by atoms with Gasteiger partial charge in [0.25, 0.3) is 0 Å². The van der Waals surface area contributed by atoms with Crippen molar-refractivity contribution in [1.82, 2.24) is 0 Å². The maximum absolute atomic E-state index is 11.1. The van der Waals surface area contributed by atoms with Gasteiger partial charge in [0, 0.05) is 0 Å². The predicted octanol–water partition coefficient (Wildman–Crippen LogP) is 2.97. The third-order valence-corrected chi connectivity index (χ3v) is 3.69. The monoisotopic (exact) mass is 294 g/mol. The zero-order valence-electron chi connectivity index (χ0n) is 6.73. The van der Waals surface area contributed by atoms with Gasteiger partial charge in [0.1, 0.15) is 0 Å². The molecule has 0 aliphatic rings. The predicted molar refractivity (Wildman–Crippen MR) is 55.3 cm³/mol. The van der Waals surface area contributed by atoms with Crippen LogP contribution in [0.5, 0.6) is 0 Å². The Hall–Kier alpha value is 0.799. The third kappa shape index (κ3) is 4.73. The van der Waals surface area contributed by atoms with Crippen LogP contribution in [-0.2, 0) is 4.79 Å². The summed E-state index contributed by atoms with van der Waals surface area (Å²) in [5, 5.41) is 0. The van der Waals surface area contributed by atoms with E-state index < -0.39 is 9.58 Å². The second-order valence-corrected chi connectivity index (χ2v) is 6.27. The molecule has 0 amide bonds. The SMILES string of the molecule is CC/C(=C/C(=O)C(Cl)(Cl)Cl)[Se]C. The summed E-state index contributed by atoms with van der Waals surface area (Å²) < 4.78 is -0.745. The fourth-order valence-corrected chi connectivity index (χ4v) is 1.77. The van der Waals surface area contributed by atoms with E-state index in [0.29, 0.717) is 15.0 Å². The summed E-state index contributed by atoms with van der Waals surface area (Å²) >= 11 is 16.5. The first kappa shape index (κ1) is 12.8. The average Bonchev–Trinajstić information content (AvgIpc) is 1.97. The van der Waals surface area contributed by atoms with Crippen LogP contribution in [0, 0.1) is 0 Å². The van der Waals surface area contributed by atoms with E-state index in [1.165, 1.54) is 6.08 Å². The molecular weight excluding hydrogens is 285 g/mol. The zero-order valence-corrected chi connectivity index (χ0v) is 10.7. The molecule has 0 N–H and O–H groups in total. The van der Waals surface area contributed by atoms with E-state index >= 15 is 0 Å². The summed E-state index contributed by atoms with van der Waals surface area (Å²) in [6.45, 7) is 1.97. The molecule has 0 aromatic carbocycles. The summed E-state index contributed by atoms with van der Waals surface area (Å²) in [4.78, 5) is 11.1. The molecule has 0 saturated heterocycles. The number of hydrogen-bond donors (Lipinski definition) is 0. The molecule has 12 heavy (non-hydrogen) atoms. The summed E-state index contributed by atoms with van der Waals surface area (Å²) in [5.41, 5.74) is 0. The standard InChI is InChI=1S/C7H9Cl3OSe/c1-3-5(12-2)4-6(11)7(8,9)10/h4H,3H2,1-2H3/b5-4-. The Morgan fingerprint density at radius 3 is 2.25 bits per heavy atom. The van der Waals surface area contributed by atoms with Gasteiger partial charge in [-0.2, -0.15) is 0 Å². The number of carbonyl (C=O) groups excluding carboxylic acids is 1. The van der Waals surface area contributed by atoms with Crippen molar-refractivity contribution in [3.05, 3.63) is 10.5 Å². The van der Waals surface area contributed by atoms with Gasteiger partial charge >= 0.3 is 93.8 Å². The van der Waals surface area contributed by atoms with Crippen LogP contribution >= 0.6 is 34.8 Å². The second kappa shape index (κ2) is 5.51. The van der Waals surface area contributed by atoms with Gasteiger partial charge in [-0.1, -0.05) is 0 Å². The molecule has 0 heterocycles. The van der Waals surface area contributed by atoms with Gasteiger partial charge in [-0.25, -0.2) is 0 Å². The number of ketones is 1. The van der Waals surface area contributed by atoms with Crippen molar-refractivity contribution in [3.8, 4) is 0 Å². The molecule has 0 radical (unpaired) electrons. The molecule has 0 fully saturated rings. The molecule has 0 aliphatic heterocycles. The fourth-order valence-electron chi connectivity index (χ4n) is 0.533. The van der Waals surface area contributed by atoms with E-state index in [4.69, 9.17) is 34.8 Å². The van der Waals surface area contributed by atoms with Crippen molar-refractivity contribution in [3.63, 3.8) is 0 Å². The molecule has 5 heteroatoms. The number of alkyl halides is 3. The van der Waals surface area contributed by atoms with E-state index in [9.17, 15) is 4.79 Å². The first-order chi connectivity index (χ1) is 5.41. The van der Waals surface area contributed by atoms with Crippen molar-refractivity contribution in [1.29, 1.82) is 0 Å². The van der Waals surface area contributed by atoms with Crippen molar-refractivity contribution in [2.75, 3.05) is 0 Å². The van der Waals surface area contributed by atoms with Crippen LogP contribution in [0.1, 0.15) is 13.3 Å². The quantitative estimate of drug-likeness (QED) is 0.444. The number of halogens is 3. The normalized spacial score (nSPS) is 13.2. The molecule has 0 aliphatic carbocycles. The Morgan fingerprint density at radius 1 is 1.50 bits per heavy atom. The van der Waals surface area contributed by atoms with Gasteiger partial charge in [-0.3, -0.25) is 0 Å². The first-order valence-electron chi connectivity index (χ1n) is 3.27. The van der Waals surface area contributed by atoms with E-state index in [1.807, 2.05) is 12.7 Å². The topological polar surface area (TPSA) is 17.1 Å². The van der Waals surface area contributed by atoms with Crippen molar-refractivity contribution in [2.45, 2.75) is 23.0 Å². The van der Waals surface area contributed by atoms with Crippen LogP contribution in [0.25, 0.3) is 0 Å². The molecule has 0 saturated carbocycles. The van der Waals surface area contributed by atoms with Crippen LogP contribution in [0.3, 0.4) is 0 Å². The van der Waals surface area contributed by atoms with Crippen LogP contribution in [0.2, 0.25) is 5.82 Å². The van der Waals surface area contributed by atoms with Crippen LogP contribution < -0.4 is 0 Å². The van der Waals surface area contributed by atoms with E-state index in [2.05, 4.69) is 0 Å². The second-order valence-electron chi connectivity index (χ2n) is 2.03. The molecule has 0 rings (SSSR count). The summed E-state index contributed by atoms with van der Waals surface area (Å²) in [7, 11) is 0. The first-order valence-corrected chi connectivity index (χ1v) is 6.97. The molecule has 1 nitrogen and oxygen atoms in total. The molecule has 0 aromatic rings. The molecule has 0 unspecified atom stereocenters. The Morgan fingerprint density at radius 2 is 2.00 bits per heavy atom. The van der Waals surface area contributed by atoms with Crippen molar-refractivity contribution in [2.24, 2.45) is 0 Å². The summed E-state index contributed by atoms with van der Waals surface area (Å²) in [6.07, 6.45) is 2.27. The van der Waals surface area contributed by atoms with E-state index in [0.717, 1.165) is 10.9 Å². The number of rotatable bonds is 3. The Bertz CT molecular complexity index is 189. The van der Waals surface area contributed by atoms with E-state index in [1.54, 1.807) is 0 Å². The zero-order chi connectivity index (χ0) is 9.78. The average molecular weight is 294 g/mol. The molecule has 0 bridgehead atoms. The Labute approximate surface area is 93.6 Å².